The van der Waals surface area contributed by atoms with Gasteiger partial charge in [-0.25, -0.2) is 0 Å². The van der Waals surface area contributed by atoms with Crippen LogP contribution in [0.4, 0.5) is 5.69 Å². The van der Waals surface area contributed by atoms with Crippen LogP contribution in [-0.2, 0) is 14.3 Å². The molecule has 25 heavy (non-hydrogen) atoms. The second-order valence-electron chi connectivity index (χ2n) is 6.99. The number of carbonyl (C=O) groups is 2. The van der Waals surface area contributed by atoms with Gasteiger partial charge < -0.3 is 10.1 Å². The molecule has 0 saturated carbocycles. The van der Waals surface area contributed by atoms with Crippen LogP contribution in [0.1, 0.15) is 52.0 Å². The Bertz CT molecular complexity index is 600. The Labute approximate surface area is 150 Å². The predicted octanol–water partition coefficient (Wildman–Crippen LogP) is 3.41. The van der Waals surface area contributed by atoms with E-state index in [2.05, 4.69) is 24.1 Å². The molecule has 2 rings (SSSR count). The highest BCUT2D eigenvalue weighted by molar-refractivity contribution is 5.95. The van der Waals surface area contributed by atoms with Crippen LogP contribution in [0.3, 0.4) is 0 Å². The minimum atomic E-state index is -0.280. The molecule has 0 spiro atoms. The topological polar surface area (TPSA) is 58.6 Å². The van der Waals surface area contributed by atoms with Gasteiger partial charge in [0.2, 0.25) is 5.91 Å². The first-order chi connectivity index (χ1) is 11.9. The lowest BCUT2D eigenvalue weighted by Crippen LogP contribution is -2.48. The van der Waals surface area contributed by atoms with Gasteiger partial charge in [-0.2, -0.15) is 0 Å². The lowest BCUT2D eigenvalue weighted by Gasteiger charge is -2.35. The summed E-state index contributed by atoms with van der Waals surface area (Å²) in [7, 11) is 0. The molecule has 1 fully saturated rings. The largest absolute Gasteiger partial charge is 0.466 e. The maximum absolute atomic E-state index is 12.7. The normalized spacial score (nSPS) is 19.5. The zero-order valence-electron chi connectivity index (χ0n) is 15.7. The molecule has 0 aliphatic carbocycles. The van der Waals surface area contributed by atoms with Crippen molar-refractivity contribution in [3.05, 3.63) is 29.8 Å². The van der Waals surface area contributed by atoms with Gasteiger partial charge >= 0.3 is 5.97 Å². The van der Waals surface area contributed by atoms with Crippen molar-refractivity contribution >= 4 is 17.6 Å². The summed E-state index contributed by atoms with van der Waals surface area (Å²) in [5.74, 6) is 0.0319. The lowest BCUT2D eigenvalue weighted by atomic mass is 9.96. The second kappa shape index (κ2) is 8.99. The van der Waals surface area contributed by atoms with Gasteiger partial charge in [-0.3, -0.25) is 14.5 Å². The van der Waals surface area contributed by atoms with Crippen molar-refractivity contribution in [3.63, 3.8) is 0 Å². The van der Waals surface area contributed by atoms with E-state index in [9.17, 15) is 9.59 Å². The standard InChI is InChI=1S/C20H30N2O3/c1-5-25-20(24)16-9-8-12-22(13-16)15(4)19(23)21-18-11-7-6-10-17(18)14(2)3/h6-7,10-11,14-16H,5,8-9,12-13H2,1-4H3,(H,21,23). The minimum absolute atomic E-state index is 0.0300. The van der Waals surface area contributed by atoms with E-state index in [0.29, 0.717) is 19.1 Å². The number of para-hydroxylation sites is 1. The quantitative estimate of drug-likeness (QED) is 0.802. The molecule has 5 nitrogen and oxygen atoms in total. The van der Waals surface area contributed by atoms with Crippen LogP contribution in [-0.4, -0.2) is 42.5 Å². The van der Waals surface area contributed by atoms with Gasteiger partial charge in [-0.15, -0.1) is 0 Å². The number of esters is 1. The molecule has 2 unspecified atom stereocenters. The Balaban J connectivity index is 2.01. The van der Waals surface area contributed by atoms with Crippen LogP contribution in [0.25, 0.3) is 0 Å². The zero-order chi connectivity index (χ0) is 18.4. The van der Waals surface area contributed by atoms with E-state index in [0.717, 1.165) is 30.6 Å². The van der Waals surface area contributed by atoms with Crippen LogP contribution < -0.4 is 5.32 Å². The molecule has 0 radical (unpaired) electrons. The molecule has 1 aromatic rings. The van der Waals surface area contributed by atoms with Crippen LogP contribution in [0, 0.1) is 5.92 Å². The van der Waals surface area contributed by atoms with Crippen LogP contribution in [0.2, 0.25) is 0 Å². The molecule has 1 aromatic carbocycles. The van der Waals surface area contributed by atoms with E-state index in [1.165, 1.54) is 0 Å². The molecule has 0 aromatic heterocycles. The number of hydrogen-bond donors (Lipinski definition) is 1. The number of piperidine rings is 1. The number of anilines is 1. The van der Waals surface area contributed by atoms with Crippen molar-refractivity contribution in [2.45, 2.75) is 52.5 Å². The first-order valence-corrected chi connectivity index (χ1v) is 9.24. The molecule has 0 bridgehead atoms. The Kier molecular flexibility index (Phi) is 7.00. The lowest BCUT2D eigenvalue weighted by molar-refractivity contribution is -0.150. The third-order valence-electron chi connectivity index (χ3n) is 4.84. The van der Waals surface area contributed by atoms with Crippen molar-refractivity contribution in [3.8, 4) is 0 Å². The van der Waals surface area contributed by atoms with Crippen molar-refractivity contribution in [1.82, 2.24) is 4.90 Å². The van der Waals surface area contributed by atoms with Gasteiger partial charge in [0.1, 0.15) is 0 Å². The van der Waals surface area contributed by atoms with Crippen LogP contribution in [0.15, 0.2) is 24.3 Å². The SMILES string of the molecule is CCOC(=O)C1CCCN(C(C)C(=O)Nc2ccccc2C(C)C)C1. The van der Waals surface area contributed by atoms with Crippen molar-refractivity contribution in [2.75, 3.05) is 25.0 Å². The Morgan fingerprint density at radius 3 is 2.68 bits per heavy atom. The number of ether oxygens (including phenoxy) is 1. The number of nitrogens with one attached hydrogen (secondary N) is 1. The van der Waals surface area contributed by atoms with Gasteiger partial charge in [0, 0.05) is 12.2 Å². The summed E-state index contributed by atoms with van der Waals surface area (Å²) in [5.41, 5.74) is 2.00. The van der Waals surface area contributed by atoms with Gasteiger partial charge in [0.25, 0.3) is 0 Å². The third-order valence-corrected chi connectivity index (χ3v) is 4.84. The maximum Gasteiger partial charge on any atom is 0.310 e. The summed E-state index contributed by atoms with van der Waals surface area (Å²) < 4.78 is 5.14. The van der Waals surface area contributed by atoms with Gasteiger partial charge in [-0.1, -0.05) is 32.0 Å². The number of rotatable bonds is 6. The van der Waals surface area contributed by atoms with Crippen molar-refractivity contribution < 1.29 is 14.3 Å². The zero-order valence-corrected chi connectivity index (χ0v) is 15.7. The molecule has 1 saturated heterocycles. The van der Waals surface area contributed by atoms with Gasteiger partial charge in [0.15, 0.2) is 0 Å². The molecule has 1 aliphatic heterocycles. The first-order valence-electron chi connectivity index (χ1n) is 9.24. The number of hydrogen-bond acceptors (Lipinski definition) is 4. The Morgan fingerprint density at radius 2 is 2.00 bits per heavy atom. The van der Waals surface area contributed by atoms with E-state index in [4.69, 9.17) is 4.74 Å². The molecule has 138 valence electrons. The molecule has 1 N–H and O–H groups in total. The smallest absolute Gasteiger partial charge is 0.310 e. The molecule has 1 aliphatic rings. The Hall–Kier alpha value is -1.88. The Morgan fingerprint density at radius 1 is 1.28 bits per heavy atom. The summed E-state index contributed by atoms with van der Waals surface area (Å²) in [4.78, 5) is 26.8. The van der Waals surface area contributed by atoms with E-state index in [1.54, 1.807) is 0 Å². The van der Waals surface area contributed by atoms with Crippen molar-refractivity contribution in [1.29, 1.82) is 0 Å². The molecule has 5 heteroatoms. The number of likely N-dealkylation sites (tertiary alicyclic amines) is 1. The highest BCUT2D eigenvalue weighted by atomic mass is 16.5. The first kappa shape index (κ1) is 19.4. The van der Waals surface area contributed by atoms with E-state index in [1.807, 2.05) is 38.1 Å². The summed E-state index contributed by atoms with van der Waals surface area (Å²) in [5, 5.41) is 3.06. The summed E-state index contributed by atoms with van der Waals surface area (Å²) in [6.45, 7) is 9.76. The number of carbonyl (C=O) groups excluding carboxylic acids is 2. The molecule has 1 heterocycles. The van der Waals surface area contributed by atoms with Crippen LogP contribution >= 0.6 is 0 Å². The van der Waals surface area contributed by atoms with Gasteiger partial charge in [0.05, 0.1) is 18.6 Å². The molecular weight excluding hydrogens is 316 g/mol. The van der Waals surface area contributed by atoms with E-state index in [-0.39, 0.29) is 23.8 Å². The fraction of sp³-hybridized carbons (Fsp3) is 0.600. The molecular formula is C20H30N2O3. The fourth-order valence-corrected chi connectivity index (χ4v) is 3.33. The second-order valence-corrected chi connectivity index (χ2v) is 6.99. The average Bonchev–Trinajstić information content (AvgIpc) is 2.61. The van der Waals surface area contributed by atoms with Crippen molar-refractivity contribution in [2.24, 2.45) is 5.92 Å². The summed E-state index contributed by atoms with van der Waals surface area (Å²) in [6, 6.07) is 7.63. The highest BCUT2D eigenvalue weighted by Gasteiger charge is 2.31. The van der Waals surface area contributed by atoms with E-state index < -0.39 is 0 Å². The highest BCUT2D eigenvalue weighted by Crippen LogP contribution is 2.25. The molecule has 2 atom stereocenters. The number of nitrogens with zero attached hydrogens (tertiary/aromatic N) is 1. The third kappa shape index (κ3) is 5.05. The summed E-state index contributed by atoms with van der Waals surface area (Å²) in [6.07, 6.45) is 1.74. The van der Waals surface area contributed by atoms with Gasteiger partial charge in [-0.05, 0) is 50.8 Å². The number of benzene rings is 1. The fourth-order valence-electron chi connectivity index (χ4n) is 3.33. The maximum atomic E-state index is 12.7. The molecule has 1 amide bonds. The predicted molar refractivity (Wildman–Crippen MR) is 99.6 cm³/mol. The summed E-state index contributed by atoms with van der Waals surface area (Å²) >= 11 is 0. The monoisotopic (exact) mass is 346 g/mol. The average molecular weight is 346 g/mol. The number of amides is 1. The minimum Gasteiger partial charge on any atom is -0.466 e. The van der Waals surface area contributed by atoms with Crippen LogP contribution in [0.5, 0.6) is 0 Å². The van der Waals surface area contributed by atoms with E-state index >= 15 is 0 Å².